The van der Waals surface area contributed by atoms with Crippen LogP contribution in [0.5, 0.6) is 17.2 Å². The van der Waals surface area contributed by atoms with Gasteiger partial charge in [-0.2, -0.15) is 0 Å². The molecule has 0 bridgehead atoms. The lowest BCUT2D eigenvalue weighted by atomic mass is 10.1. The van der Waals surface area contributed by atoms with Crippen molar-refractivity contribution >= 4 is 25.6 Å². The van der Waals surface area contributed by atoms with Crippen molar-refractivity contribution in [3.05, 3.63) is 56.1 Å². The Labute approximate surface area is 186 Å². The first-order chi connectivity index (χ1) is 14.2. The number of benzene rings is 2. The van der Waals surface area contributed by atoms with E-state index in [4.69, 9.17) is 25.5 Å². The Hall–Kier alpha value is -2.39. The summed E-state index contributed by atoms with van der Waals surface area (Å²) in [5, 5.41) is 11.2. The van der Waals surface area contributed by atoms with Gasteiger partial charge in [-0.05, 0) is 37.2 Å². The van der Waals surface area contributed by atoms with E-state index in [1.54, 1.807) is 6.92 Å². The second-order valence-corrected chi connectivity index (χ2v) is 13.7. The molecule has 0 heterocycles. The van der Waals surface area contributed by atoms with Crippen molar-refractivity contribution in [2.45, 2.75) is 52.4 Å². The van der Waals surface area contributed by atoms with E-state index < -0.39 is 31.5 Å². The summed E-state index contributed by atoms with van der Waals surface area (Å²) in [6.07, 6.45) is 0. The minimum Gasteiger partial charge on any atom is -0.541 e. The van der Waals surface area contributed by atoms with Gasteiger partial charge in [-0.25, -0.2) is 8.78 Å². The van der Waals surface area contributed by atoms with Crippen LogP contribution in [0.15, 0.2) is 18.2 Å². The fourth-order valence-corrected chi connectivity index (χ4v) is 3.83. The van der Waals surface area contributed by atoms with E-state index in [1.165, 1.54) is 13.2 Å². The van der Waals surface area contributed by atoms with Gasteiger partial charge < -0.3 is 13.9 Å². The number of ether oxygens (including phenoxy) is 2. The minimum absolute atomic E-state index is 0.0177. The summed E-state index contributed by atoms with van der Waals surface area (Å²) in [5.41, 5.74) is -0.193. The van der Waals surface area contributed by atoms with Crippen LogP contribution in [0.1, 0.15) is 31.9 Å². The Morgan fingerprint density at radius 1 is 1.19 bits per heavy atom. The van der Waals surface area contributed by atoms with E-state index in [-0.39, 0.29) is 38.6 Å². The van der Waals surface area contributed by atoms with Crippen molar-refractivity contribution in [3.8, 4) is 17.2 Å². The zero-order chi connectivity index (χ0) is 23.7. The van der Waals surface area contributed by atoms with Crippen LogP contribution in [0.3, 0.4) is 0 Å². The van der Waals surface area contributed by atoms with Crippen LogP contribution >= 0.6 is 11.6 Å². The number of methoxy groups -OCH3 is 1. The molecule has 31 heavy (non-hydrogen) atoms. The summed E-state index contributed by atoms with van der Waals surface area (Å²) in [4.78, 5) is 10.8. The first-order valence-electron chi connectivity index (χ1n) is 9.51. The van der Waals surface area contributed by atoms with Crippen molar-refractivity contribution in [1.82, 2.24) is 0 Å². The maximum Gasteiger partial charge on any atom is 0.292 e. The third kappa shape index (κ3) is 5.09. The number of hydrogen-bond donors (Lipinski definition) is 0. The molecule has 0 N–H and O–H groups in total. The van der Waals surface area contributed by atoms with Crippen molar-refractivity contribution in [1.29, 1.82) is 0 Å². The molecule has 0 amide bonds. The second-order valence-electron chi connectivity index (χ2n) is 8.61. The molecule has 170 valence electrons. The van der Waals surface area contributed by atoms with Crippen LogP contribution < -0.4 is 13.9 Å². The average Bonchev–Trinajstić information content (AvgIpc) is 2.66. The Bertz CT molecular complexity index is 1010. The molecule has 0 aliphatic carbocycles. The van der Waals surface area contributed by atoms with Crippen molar-refractivity contribution in [2.75, 3.05) is 7.11 Å². The SMILES string of the molecule is COc1ccc(F)c(F)c1COc1cc([N+](=O)[O-])c(Cl)c(C)c1O[Si](C)(C)C(C)(C)C. The van der Waals surface area contributed by atoms with Gasteiger partial charge in [0.2, 0.25) is 0 Å². The Morgan fingerprint density at radius 3 is 2.32 bits per heavy atom. The van der Waals surface area contributed by atoms with Crippen LogP contribution in [0, 0.1) is 28.7 Å². The van der Waals surface area contributed by atoms with Gasteiger partial charge >= 0.3 is 0 Å². The van der Waals surface area contributed by atoms with Crippen molar-refractivity contribution < 1.29 is 27.6 Å². The molecule has 10 heteroatoms. The molecule has 0 aliphatic heterocycles. The summed E-state index contributed by atoms with van der Waals surface area (Å²) < 4.78 is 45.2. The van der Waals surface area contributed by atoms with Gasteiger partial charge in [0, 0.05) is 5.56 Å². The highest BCUT2D eigenvalue weighted by Gasteiger charge is 2.40. The Balaban J connectivity index is 2.58. The number of nitro groups is 1. The lowest BCUT2D eigenvalue weighted by Gasteiger charge is -2.37. The van der Waals surface area contributed by atoms with Crippen molar-refractivity contribution in [3.63, 3.8) is 0 Å². The summed E-state index contributed by atoms with van der Waals surface area (Å²) in [5.74, 6) is -1.82. The van der Waals surface area contributed by atoms with Crippen LogP contribution in [-0.4, -0.2) is 20.4 Å². The number of rotatable bonds is 7. The maximum atomic E-state index is 14.3. The number of nitrogens with zero attached hydrogens (tertiary/aromatic N) is 1. The lowest BCUT2D eigenvalue weighted by Crippen LogP contribution is -2.44. The lowest BCUT2D eigenvalue weighted by molar-refractivity contribution is -0.384. The van der Waals surface area contributed by atoms with Gasteiger partial charge in [0.25, 0.3) is 14.0 Å². The molecule has 0 aromatic heterocycles. The standard InChI is InChI=1S/C21H26ClF2NO5Si/c1-12-18(22)15(25(26)27)10-17(20(12)30-31(6,7)21(2,3)4)29-11-13-16(28-5)9-8-14(23)19(13)24/h8-10H,11H2,1-7H3. The average molecular weight is 474 g/mol. The third-order valence-electron chi connectivity index (χ3n) is 5.49. The highest BCUT2D eigenvalue weighted by Crippen LogP contribution is 2.46. The highest BCUT2D eigenvalue weighted by atomic mass is 35.5. The minimum atomic E-state index is -2.39. The molecule has 0 fully saturated rings. The number of halogens is 3. The molecule has 6 nitrogen and oxygen atoms in total. The number of nitro benzene ring substituents is 1. The molecule has 0 atom stereocenters. The summed E-state index contributed by atoms with van der Waals surface area (Å²) in [6, 6.07) is 3.36. The fourth-order valence-electron chi connectivity index (χ4n) is 2.56. The van der Waals surface area contributed by atoms with Gasteiger partial charge in [0.1, 0.15) is 17.4 Å². The quantitative estimate of drug-likeness (QED) is 0.251. The van der Waals surface area contributed by atoms with Crippen LogP contribution in [0.4, 0.5) is 14.5 Å². The normalized spacial score (nSPS) is 11.9. The van der Waals surface area contributed by atoms with Gasteiger partial charge in [-0.3, -0.25) is 10.1 Å². The smallest absolute Gasteiger partial charge is 0.292 e. The molecular weight excluding hydrogens is 448 g/mol. The first kappa shape index (κ1) is 24.9. The molecule has 0 aliphatic rings. The van der Waals surface area contributed by atoms with E-state index >= 15 is 0 Å². The van der Waals surface area contributed by atoms with E-state index in [0.717, 1.165) is 12.1 Å². The second kappa shape index (κ2) is 9.00. The maximum absolute atomic E-state index is 14.3. The number of hydrogen-bond acceptors (Lipinski definition) is 5. The van der Waals surface area contributed by atoms with Gasteiger partial charge in [0.15, 0.2) is 23.1 Å². The van der Waals surface area contributed by atoms with E-state index in [1.807, 2.05) is 33.9 Å². The summed E-state index contributed by atoms with van der Waals surface area (Å²) in [7, 11) is -1.07. The molecule has 0 spiro atoms. The molecule has 0 saturated carbocycles. The van der Waals surface area contributed by atoms with E-state index in [0.29, 0.717) is 5.56 Å². The van der Waals surface area contributed by atoms with Gasteiger partial charge in [-0.1, -0.05) is 32.4 Å². The van der Waals surface area contributed by atoms with E-state index in [2.05, 4.69) is 0 Å². The van der Waals surface area contributed by atoms with E-state index in [9.17, 15) is 18.9 Å². The Kier molecular flexibility index (Phi) is 7.22. The molecule has 2 aromatic carbocycles. The van der Waals surface area contributed by atoms with Crippen molar-refractivity contribution in [2.24, 2.45) is 0 Å². The molecule has 2 rings (SSSR count). The topological polar surface area (TPSA) is 70.8 Å². The van der Waals surface area contributed by atoms with Gasteiger partial charge in [-0.15, -0.1) is 0 Å². The molecule has 0 unspecified atom stereocenters. The summed E-state index contributed by atoms with van der Waals surface area (Å²) in [6.45, 7) is 11.3. The molecule has 0 saturated heterocycles. The predicted octanol–water partition coefficient (Wildman–Crippen LogP) is 6.81. The predicted molar refractivity (Wildman–Crippen MR) is 118 cm³/mol. The largest absolute Gasteiger partial charge is 0.541 e. The van der Waals surface area contributed by atoms with Crippen LogP contribution in [0.25, 0.3) is 0 Å². The summed E-state index contributed by atoms with van der Waals surface area (Å²) >= 11 is 6.23. The van der Waals surface area contributed by atoms with Gasteiger partial charge in [0.05, 0.1) is 23.7 Å². The zero-order valence-corrected chi connectivity index (χ0v) is 20.3. The molecule has 2 aromatic rings. The zero-order valence-electron chi connectivity index (χ0n) is 18.6. The molecular formula is C21H26ClF2NO5Si. The fraction of sp³-hybridized carbons (Fsp3) is 0.429. The Morgan fingerprint density at radius 2 is 1.81 bits per heavy atom. The highest BCUT2D eigenvalue weighted by molar-refractivity contribution is 6.74. The third-order valence-corrected chi connectivity index (χ3v) is 10.3. The monoisotopic (exact) mass is 473 g/mol. The molecule has 0 radical (unpaired) electrons. The van der Waals surface area contributed by atoms with Crippen LogP contribution in [-0.2, 0) is 6.61 Å². The first-order valence-corrected chi connectivity index (χ1v) is 12.8. The van der Waals surface area contributed by atoms with Crippen LogP contribution in [0.2, 0.25) is 23.2 Å².